The van der Waals surface area contributed by atoms with E-state index in [1.165, 1.54) is 167 Å². The molecule has 356 valence electrons. The quantitative estimate of drug-likeness (QED) is 0.0262. The minimum Gasteiger partial charge on any atom is -0.462 e. The highest BCUT2D eigenvalue weighted by atomic mass is 16.6. The Balaban J connectivity index is 4.33. The molecule has 0 aromatic carbocycles. The standard InChI is InChI=1S/C55H100O6/c1-4-7-10-13-16-19-22-24-26-27-29-31-34-36-39-42-45-48-54(57)60-51-52(61-55(58)49-46-43-40-37-32-21-18-15-12-9-6-3)50-59-53(56)47-44-41-38-35-33-30-28-25-23-20-17-14-11-8-5-2/h16,19-20,23-24,26,52H,4-15,17-18,21-22,25,27-51H2,1-3H3/b19-16-,23-20-,26-24-/t52-/m0/s1. The summed E-state index contributed by atoms with van der Waals surface area (Å²) in [5.41, 5.74) is 0. The number of carbonyl (C=O) groups is 3. The van der Waals surface area contributed by atoms with E-state index in [-0.39, 0.29) is 31.1 Å². The third kappa shape index (κ3) is 48.5. The van der Waals surface area contributed by atoms with Crippen molar-refractivity contribution in [3.05, 3.63) is 36.5 Å². The van der Waals surface area contributed by atoms with Crippen molar-refractivity contribution < 1.29 is 28.6 Å². The van der Waals surface area contributed by atoms with E-state index in [0.29, 0.717) is 19.3 Å². The number of ether oxygens (including phenoxy) is 3. The molecular weight excluding hydrogens is 757 g/mol. The Morgan fingerprint density at radius 1 is 0.328 bits per heavy atom. The topological polar surface area (TPSA) is 78.9 Å². The van der Waals surface area contributed by atoms with E-state index in [2.05, 4.69) is 57.2 Å². The van der Waals surface area contributed by atoms with Crippen molar-refractivity contribution in [3.63, 3.8) is 0 Å². The molecule has 0 N–H and O–H groups in total. The Bertz CT molecular complexity index is 1030. The van der Waals surface area contributed by atoms with Gasteiger partial charge in [0.25, 0.3) is 0 Å². The second-order valence-corrected chi connectivity index (χ2v) is 17.8. The van der Waals surface area contributed by atoms with Crippen LogP contribution >= 0.6 is 0 Å². The Kier molecular flexibility index (Phi) is 48.3. The van der Waals surface area contributed by atoms with Crippen LogP contribution < -0.4 is 0 Å². The maximum absolute atomic E-state index is 12.8. The summed E-state index contributed by atoms with van der Waals surface area (Å²) in [5.74, 6) is -0.876. The average Bonchev–Trinajstić information content (AvgIpc) is 3.26. The maximum Gasteiger partial charge on any atom is 0.306 e. The van der Waals surface area contributed by atoms with Crippen LogP contribution in [0.3, 0.4) is 0 Å². The summed E-state index contributed by atoms with van der Waals surface area (Å²) in [6, 6.07) is 0. The fourth-order valence-corrected chi connectivity index (χ4v) is 7.59. The van der Waals surface area contributed by atoms with Crippen LogP contribution in [0.4, 0.5) is 0 Å². The number of esters is 3. The van der Waals surface area contributed by atoms with E-state index in [1.807, 2.05) is 0 Å². The smallest absolute Gasteiger partial charge is 0.306 e. The number of rotatable bonds is 48. The Morgan fingerprint density at radius 2 is 0.590 bits per heavy atom. The predicted octanol–water partition coefficient (Wildman–Crippen LogP) is 17.3. The van der Waals surface area contributed by atoms with Crippen molar-refractivity contribution >= 4 is 17.9 Å². The van der Waals surface area contributed by atoms with E-state index in [0.717, 1.165) is 70.6 Å². The van der Waals surface area contributed by atoms with Gasteiger partial charge in [0.15, 0.2) is 6.10 Å². The molecule has 0 bridgehead atoms. The van der Waals surface area contributed by atoms with Gasteiger partial charge in [0.1, 0.15) is 13.2 Å². The zero-order valence-corrected chi connectivity index (χ0v) is 40.7. The predicted molar refractivity (Wildman–Crippen MR) is 261 cm³/mol. The summed E-state index contributed by atoms with van der Waals surface area (Å²) in [6.07, 6.45) is 58.3. The molecule has 0 fully saturated rings. The van der Waals surface area contributed by atoms with Crippen LogP contribution in [0.15, 0.2) is 36.5 Å². The van der Waals surface area contributed by atoms with E-state index in [9.17, 15) is 14.4 Å². The molecule has 0 amide bonds. The maximum atomic E-state index is 12.8. The first-order chi connectivity index (χ1) is 30.0. The third-order valence-electron chi connectivity index (χ3n) is 11.6. The summed E-state index contributed by atoms with van der Waals surface area (Å²) >= 11 is 0. The Labute approximate surface area is 378 Å². The Morgan fingerprint density at radius 3 is 0.967 bits per heavy atom. The van der Waals surface area contributed by atoms with Crippen molar-refractivity contribution in [2.24, 2.45) is 0 Å². The number of unbranched alkanes of at least 4 members (excludes halogenated alkanes) is 31. The molecule has 0 aromatic heterocycles. The largest absolute Gasteiger partial charge is 0.462 e. The lowest BCUT2D eigenvalue weighted by atomic mass is 10.1. The molecule has 0 spiro atoms. The van der Waals surface area contributed by atoms with Crippen molar-refractivity contribution in [2.75, 3.05) is 13.2 Å². The molecule has 0 aliphatic carbocycles. The first kappa shape index (κ1) is 58.6. The number of hydrogen-bond acceptors (Lipinski definition) is 6. The van der Waals surface area contributed by atoms with Gasteiger partial charge in [-0.3, -0.25) is 14.4 Å². The lowest BCUT2D eigenvalue weighted by molar-refractivity contribution is -0.167. The van der Waals surface area contributed by atoms with Crippen LogP contribution in [0.25, 0.3) is 0 Å². The zero-order valence-electron chi connectivity index (χ0n) is 40.7. The van der Waals surface area contributed by atoms with Crippen LogP contribution in [0.2, 0.25) is 0 Å². The van der Waals surface area contributed by atoms with Crippen LogP contribution in [0, 0.1) is 0 Å². The molecule has 0 aromatic rings. The van der Waals surface area contributed by atoms with Crippen LogP contribution in [0.1, 0.15) is 278 Å². The van der Waals surface area contributed by atoms with Crippen LogP contribution in [0.5, 0.6) is 0 Å². The fourth-order valence-electron chi connectivity index (χ4n) is 7.59. The summed E-state index contributed by atoms with van der Waals surface area (Å²) in [7, 11) is 0. The highest BCUT2D eigenvalue weighted by molar-refractivity contribution is 5.71. The second kappa shape index (κ2) is 50.3. The molecule has 0 saturated carbocycles. The van der Waals surface area contributed by atoms with Gasteiger partial charge < -0.3 is 14.2 Å². The third-order valence-corrected chi connectivity index (χ3v) is 11.6. The van der Waals surface area contributed by atoms with Gasteiger partial charge in [-0.1, -0.05) is 218 Å². The molecule has 0 aliphatic rings. The van der Waals surface area contributed by atoms with Gasteiger partial charge in [0.05, 0.1) is 0 Å². The molecule has 0 heterocycles. The normalized spacial score (nSPS) is 12.2. The van der Waals surface area contributed by atoms with Crippen LogP contribution in [-0.2, 0) is 28.6 Å². The lowest BCUT2D eigenvalue weighted by Gasteiger charge is -2.18. The summed E-state index contributed by atoms with van der Waals surface area (Å²) in [6.45, 7) is 6.60. The first-order valence-corrected chi connectivity index (χ1v) is 26.5. The summed E-state index contributed by atoms with van der Waals surface area (Å²) in [5, 5.41) is 0. The number of hydrogen-bond donors (Lipinski definition) is 0. The fraction of sp³-hybridized carbons (Fsp3) is 0.836. The molecule has 1 atom stereocenters. The van der Waals surface area contributed by atoms with Gasteiger partial charge in [-0.25, -0.2) is 0 Å². The highest BCUT2D eigenvalue weighted by Crippen LogP contribution is 2.15. The van der Waals surface area contributed by atoms with Crippen molar-refractivity contribution in [1.82, 2.24) is 0 Å². The molecule has 6 nitrogen and oxygen atoms in total. The average molecular weight is 857 g/mol. The van der Waals surface area contributed by atoms with Gasteiger partial charge in [0, 0.05) is 19.3 Å². The molecule has 0 radical (unpaired) electrons. The van der Waals surface area contributed by atoms with Crippen molar-refractivity contribution in [2.45, 2.75) is 284 Å². The van der Waals surface area contributed by atoms with Crippen LogP contribution in [-0.4, -0.2) is 37.2 Å². The minimum absolute atomic E-state index is 0.0741. The van der Waals surface area contributed by atoms with Crippen molar-refractivity contribution in [3.8, 4) is 0 Å². The minimum atomic E-state index is -0.772. The van der Waals surface area contributed by atoms with Crippen molar-refractivity contribution in [1.29, 1.82) is 0 Å². The zero-order chi connectivity index (χ0) is 44.4. The molecule has 0 rings (SSSR count). The second-order valence-electron chi connectivity index (χ2n) is 17.8. The van der Waals surface area contributed by atoms with E-state index < -0.39 is 6.10 Å². The SMILES string of the molecule is CCCCC/C=C\C/C=C\CCCCCCCCCC(=O)OC[C@H](COC(=O)CCCCCCCCC/C=C\CCCCCC)OC(=O)CCCCCCCCCCCCC. The molecule has 0 saturated heterocycles. The lowest BCUT2D eigenvalue weighted by Crippen LogP contribution is -2.30. The monoisotopic (exact) mass is 857 g/mol. The molecule has 0 aliphatic heterocycles. The van der Waals surface area contributed by atoms with Gasteiger partial charge >= 0.3 is 17.9 Å². The molecule has 0 unspecified atom stereocenters. The van der Waals surface area contributed by atoms with E-state index in [4.69, 9.17) is 14.2 Å². The van der Waals surface area contributed by atoms with E-state index >= 15 is 0 Å². The van der Waals surface area contributed by atoms with Gasteiger partial charge in [0.2, 0.25) is 0 Å². The highest BCUT2D eigenvalue weighted by Gasteiger charge is 2.19. The number of carbonyl (C=O) groups excluding carboxylic acids is 3. The molecular formula is C55H100O6. The molecule has 6 heteroatoms. The first-order valence-electron chi connectivity index (χ1n) is 26.5. The van der Waals surface area contributed by atoms with Gasteiger partial charge in [-0.2, -0.15) is 0 Å². The number of allylic oxidation sites excluding steroid dienone is 6. The summed E-state index contributed by atoms with van der Waals surface area (Å²) in [4.78, 5) is 38.0. The summed E-state index contributed by atoms with van der Waals surface area (Å²) < 4.78 is 16.8. The van der Waals surface area contributed by atoms with Gasteiger partial charge in [-0.15, -0.1) is 0 Å². The van der Waals surface area contributed by atoms with Gasteiger partial charge in [-0.05, 0) is 77.0 Å². The van der Waals surface area contributed by atoms with E-state index in [1.54, 1.807) is 0 Å². The molecule has 61 heavy (non-hydrogen) atoms. The Hall–Kier alpha value is -2.37.